The van der Waals surface area contributed by atoms with Crippen molar-refractivity contribution in [3.05, 3.63) is 59.7 Å². The maximum Gasteiger partial charge on any atom is 0.321 e. The summed E-state index contributed by atoms with van der Waals surface area (Å²) in [5, 5.41) is 14.2. The number of methoxy groups -OCH3 is 1. The van der Waals surface area contributed by atoms with Crippen LogP contribution in [-0.4, -0.2) is 36.2 Å². The van der Waals surface area contributed by atoms with E-state index in [1.54, 1.807) is 7.11 Å². The predicted octanol–water partition coefficient (Wildman–Crippen LogP) is 3.77. The van der Waals surface area contributed by atoms with E-state index in [0.717, 1.165) is 35.4 Å². The number of urea groups is 1. The Morgan fingerprint density at radius 2 is 1.74 bits per heavy atom. The highest BCUT2D eigenvalue weighted by Gasteiger charge is 2.50. The van der Waals surface area contributed by atoms with E-state index in [9.17, 15) is 9.90 Å². The van der Waals surface area contributed by atoms with Crippen LogP contribution < -0.4 is 10.1 Å². The molecule has 1 aliphatic carbocycles. The number of hydrogen-bond donors (Lipinski definition) is 2. The fourth-order valence-corrected chi connectivity index (χ4v) is 4.71. The van der Waals surface area contributed by atoms with Crippen LogP contribution in [0.3, 0.4) is 0 Å². The van der Waals surface area contributed by atoms with Crippen molar-refractivity contribution in [1.82, 2.24) is 4.90 Å². The highest BCUT2D eigenvalue weighted by molar-refractivity contribution is 5.89. The second kappa shape index (κ2) is 6.89. The van der Waals surface area contributed by atoms with E-state index >= 15 is 0 Å². The quantitative estimate of drug-likeness (QED) is 0.869. The van der Waals surface area contributed by atoms with Gasteiger partial charge in [0.25, 0.3) is 0 Å². The van der Waals surface area contributed by atoms with Gasteiger partial charge in [0.15, 0.2) is 0 Å². The van der Waals surface area contributed by atoms with Crippen LogP contribution in [0, 0.1) is 18.8 Å². The van der Waals surface area contributed by atoms with Crippen molar-refractivity contribution in [1.29, 1.82) is 0 Å². The lowest BCUT2D eigenvalue weighted by atomic mass is 9.87. The zero-order valence-corrected chi connectivity index (χ0v) is 15.8. The summed E-state index contributed by atoms with van der Waals surface area (Å²) in [6.45, 7) is 3.44. The van der Waals surface area contributed by atoms with Gasteiger partial charge in [-0.1, -0.05) is 24.3 Å². The molecule has 142 valence electrons. The van der Waals surface area contributed by atoms with E-state index in [1.165, 1.54) is 0 Å². The number of likely N-dealkylation sites (tertiary alicyclic amines) is 1. The average molecular weight is 366 g/mol. The fourth-order valence-electron chi connectivity index (χ4n) is 4.71. The van der Waals surface area contributed by atoms with Gasteiger partial charge in [-0.05, 0) is 67.0 Å². The first-order valence-electron chi connectivity index (χ1n) is 9.47. The van der Waals surface area contributed by atoms with E-state index in [1.807, 2.05) is 47.4 Å². The van der Waals surface area contributed by atoms with E-state index in [-0.39, 0.29) is 6.03 Å². The number of carbonyl (C=O) groups excluding carboxylic acids is 1. The van der Waals surface area contributed by atoms with Gasteiger partial charge in [-0.2, -0.15) is 0 Å². The first-order chi connectivity index (χ1) is 13.0. The number of fused-ring (bicyclic) bond motifs is 1. The summed E-state index contributed by atoms with van der Waals surface area (Å²) < 4.78 is 5.14. The molecule has 5 nitrogen and oxygen atoms in total. The lowest BCUT2D eigenvalue weighted by molar-refractivity contribution is 0.0322. The Labute approximate surface area is 160 Å². The predicted molar refractivity (Wildman–Crippen MR) is 105 cm³/mol. The maximum atomic E-state index is 12.6. The van der Waals surface area contributed by atoms with Crippen LogP contribution in [-0.2, 0) is 5.60 Å². The number of aryl methyl sites for hydroxylation is 1. The summed E-state index contributed by atoms with van der Waals surface area (Å²) in [5.41, 5.74) is 2.16. The second-order valence-corrected chi connectivity index (χ2v) is 7.84. The molecule has 0 aromatic heterocycles. The third-order valence-corrected chi connectivity index (χ3v) is 6.05. The number of hydrogen-bond acceptors (Lipinski definition) is 3. The highest BCUT2D eigenvalue weighted by atomic mass is 16.5. The van der Waals surface area contributed by atoms with Crippen molar-refractivity contribution < 1.29 is 14.6 Å². The molecule has 0 spiro atoms. The van der Waals surface area contributed by atoms with E-state index in [2.05, 4.69) is 18.3 Å². The molecule has 2 aliphatic rings. The molecule has 1 saturated heterocycles. The molecule has 5 heteroatoms. The number of benzene rings is 2. The number of nitrogens with zero attached hydrogens (tertiary/aromatic N) is 1. The van der Waals surface area contributed by atoms with Crippen LogP contribution in [0.1, 0.15) is 24.0 Å². The Morgan fingerprint density at radius 1 is 1.11 bits per heavy atom. The van der Waals surface area contributed by atoms with Crippen LogP contribution in [0.5, 0.6) is 5.75 Å². The summed E-state index contributed by atoms with van der Waals surface area (Å²) in [6, 6.07) is 15.3. The summed E-state index contributed by atoms with van der Waals surface area (Å²) >= 11 is 0. The number of rotatable bonds is 3. The largest absolute Gasteiger partial charge is 0.497 e. The minimum absolute atomic E-state index is 0.0750. The average Bonchev–Trinajstić information content (AvgIpc) is 3.18. The van der Waals surface area contributed by atoms with Crippen molar-refractivity contribution in [2.24, 2.45) is 11.8 Å². The number of aliphatic hydroxyl groups is 1. The third kappa shape index (κ3) is 3.39. The minimum Gasteiger partial charge on any atom is -0.497 e. The van der Waals surface area contributed by atoms with Crippen molar-refractivity contribution in [2.75, 3.05) is 25.5 Å². The Hall–Kier alpha value is -2.53. The van der Waals surface area contributed by atoms with Crippen LogP contribution in [0.15, 0.2) is 48.5 Å². The Morgan fingerprint density at radius 3 is 2.33 bits per heavy atom. The first kappa shape index (κ1) is 17.9. The molecule has 27 heavy (non-hydrogen) atoms. The van der Waals surface area contributed by atoms with Crippen LogP contribution in [0.2, 0.25) is 0 Å². The standard InChI is InChI=1S/C22H26N2O3/c1-15-5-3-4-6-20(15)22(26)11-16-13-24(14-17(16)12-22)21(25)23-18-7-9-19(27-2)10-8-18/h3-10,16-17,26H,11-14H2,1-2H3,(H,23,25). The third-order valence-electron chi connectivity index (χ3n) is 6.05. The van der Waals surface area contributed by atoms with Crippen LogP contribution in [0.4, 0.5) is 10.5 Å². The molecule has 1 saturated carbocycles. The lowest BCUT2D eigenvalue weighted by Gasteiger charge is -2.28. The van der Waals surface area contributed by atoms with Gasteiger partial charge >= 0.3 is 6.03 Å². The first-order valence-corrected chi connectivity index (χ1v) is 9.47. The smallest absolute Gasteiger partial charge is 0.321 e. The molecular formula is C22H26N2O3. The monoisotopic (exact) mass is 366 g/mol. The summed E-state index contributed by atoms with van der Waals surface area (Å²) in [6.07, 6.45) is 1.43. The van der Waals surface area contributed by atoms with Gasteiger partial charge in [0, 0.05) is 18.8 Å². The van der Waals surface area contributed by atoms with E-state index < -0.39 is 5.60 Å². The molecule has 4 rings (SSSR count). The van der Waals surface area contributed by atoms with Crippen LogP contribution >= 0.6 is 0 Å². The SMILES string of the molecule is COc1ccc(NC(=O)N2CC3CC(O)(c4ccccc4C)CC3C2)cc1. The van der Waals surface area contributed by atoms with Crippen molar-refractivity contribution in [3.63, 3.8) is 0 Å². The normalized spacial score (nSPS) is 26.7. The molecule has 2 atom stereocenters. The molecular weight excluding hydrogens is 340 g/mol. The van der Waals surface area contributed by atoms with Crippen molar-refractivity contribution in [2.45, 2.75) is 25.4 Å². The molecule has 2 amide bonds. The van der Waals surface area contributed by atoms with Gasteiger partial charge in [-0.25, -0.2) is 4.79 Å². The van der Waals surface area contributed by atoms with Gasteiger partial charge in [0.1, 0.15) is 5.75 Å². The van der Waals surface area contributed by atoms with E-state index in [0.29, 0.717) is 24.9 Å². The van der Waals surface area contributed by atoms with Crippen LogP contribution in [0.25, 0.3) is 0 Å². The molecule has 2 aromatic rings. The maximum absolute atomic E-state index is 12.6. The number of ether oxygens (including phenoxy) is 1. The topological polar surface area (TPSA) is 61.8 Å². The molecule has 2 N–H and O–H groups in total. The number of nitrogens with one attached hydrogen (secondary N) is 1. The fraction of sp³-hybridized carbons (Fsp3) is 0.409. The number of anilines is 1. The second-order valence-electron chi connectivity index (χ2n) is 7.84. The summed E-state index contributed by atoms with van der Waals surface area (Å²) in [5.74, 6) is 1.45. The van der Waals surface area contributed by atoms with Crippen molar-refractivity contribution >= 4 is 11.7 Å². The number of amides is 2. The molecule has 1 heterocycles. The molecule has 2 aromatic carbocycles. The number of carbonyl (C=O) groups is 1. The van der Waals surface area contributed by atoms with Gasteiger partial charge in [0.05, 0.1) is 12.7 Å². The van der Waals surface area contributed by atoms with E-state index in [4.69, 9.17) is 4.74 Å². The Balaban J connectivity index is 1.39. The summed E-state index contributed by atoms with van der Waals surface area (Å²) in [7, 11) is 1.62. The Kier molecular flexibility index (Phi) is 4.56. The van der Waals surface area contributed by atoms with Gasteiger partial charge < -0.3 is 20.1 Å². The highest BCUT2D eigenvalue weighted by Crippen LogP contribution is 2.49. The van der Waals surface area contributed by atoms with Crippen molar-refractivity contribution in [3.8, 4) is 5.75 Å². The Bertz CT molecular complexity index is 820. The molecule has 1 aliphatic heterocycles. The summed E-state index contributed by atoms with van der Waals surface area (Å²) in [4.78, 5) is 14.5. The zero-order chi connectivity index (χ0) is 19.0. The molecule has 2 unspecified atom stereocenters. The molecule has 0 bridgehead atoms. The molecule has 2 fully saturated rings. The van der Waals surface area contributed by atoms with Gasteiger partial charge in [-0.15, -0.1) is 0 Å². The zero-order valence-electron chi connectivity index (χ0n) is 15.8. The van der Waals surface area contributed by atoms with Gasteiger partial charge in [0.2, 0.25) is 0 Å². The minimum atomic E-state index is -0.765. The molecule has 0 radical (unpaired) electrons. The van der Waals surface area contributed by atoms with Gasteiger partial charge in [-0.3, -0.25) is 0 Å². The lowest BCUT2D eigenvalue weighted by Crippen LogP contribution is -2.35.